The summed E-state index contributed by atoms with van der Waals surface area (Å²) in [5.41, 5.74) is 2.39. The minimum Gasteiger partial charge on any atom is -0.376 e. The molecule has 0 bridgehead atoms. The third kappa shape index (κ3) is 3.74. The molecule has 0 saturated carbocycles. The summed E-state index contributed by atoms with van der Waals surface area (Å²) < 4.78 is 8.37. The third-order valence-electron chi connectivity index (χ3n) is 4.36. The van der Waals surface area contributed by atoms with Crippen LogP contribution in [0.25, 0.3) is 11.0 Å². The molecule has 0 aliphatic carbocycles. The molecule has 2 heterocycles. The molecule has 1 aliphatic rings. The summed E-state index contributed by atoms with van der Waals surface area (Å²) in [6, 6.07) is 6.69. The lowest BCUT2D eigenvalue weighted by Gasteiger charge is -2.26. The van der Waals surface area contributed by atoms with Crippen molar-refractivity contribution in [3.05, 3.63) is 24.0 Å². The molecule has 1 atom stereocenters. The minimum absolute atomic E-state index is 0.0335. The normalized spacial score (nSPS) is 19.4. The molecule has 23 heavy (non-hydrogen) atoms. The predicted molar refractivity (Wildman–Crippen MR) is 98.4 cm³/mol. The second-order valence-corrected chi connectivity index (χ2v) is 8.71. The highest BCUT2D eigenvalue weighted by molar-refractivity contribution is 7.99. The van der Waals surface area contributed by atoms with E-state index in [1.54, 1.807) is 0 Å². The van der Waals surface area contributed by atoms with Gasteiger partial charge in [-0.2, -0.15) is 0 Å². The summed E-state index contributed by atoms with van der Waals surface area (Å²) in [7, 11) is 0. The van der Waals surface area contributed by atoms with Crippen molar-refractivity contribution >= 4 is 22.8 Å². The van der Waals surface area contributed by atoms with Gasteiger partial charge in [-0.15, -0.1) is 11.8 Å². The van der Waals surface area contributed by atoms with Gasteiger partial charge in [-0.1, -0.05) is 27.7 Å². The van der Waals surface area contributed by atoms with Crippen molar-refractivity contribution in [2.75, 3.05) is 12.4 Å². The van der Waals surface area contributed by atoms with Crippen molar-refractivity contribution in [1.82, 2.24) is 9.55 Å². The Labute approximate surface area is 143 Å². The Kier molecular flexibility index (Phi) is 5.02. The van der Waals surface area contributed by atoms with Crippen molar-refractivity contribution in [1.29, 1.82) is 0 Å². The number of rotatable bonds is 4. The lowest BCUT2D eigenvalue weighted by Crippen LogP contribution is -2.28. The Morgan fingerprint density at radius 3 is 2.78 bits per heavy atom. The third-order valence-corrected chi connectivity index (χ3v) is 5.24. The molecule has 0 spiro atoms. The maximum absolute atomic E-state index is 5.98. The number of benzene rings is 1. The number of thioether (sulfide) groups is 1. The molecule has 1 fully saturated rings. The van der Waals surface area contributed by atoms with Gasteiger partial charge in [0.1, 0.15) is 5.82 Å². The summed E-state index contributed by atoms with van der Waals surface area (Å²) >= 11 is 1.87. The topological polar surface area (TPSA) is 27.1 Å². The molecule has 1 aromatic heterocycles. The SMILES string of the molecule is CCSc1ccc2c(c1)nc(C(C)(C)C)n2CC1CCCCO1. The van der Waals surface area contributed by atoms with Gasteiger partial charge in [-0.3, -0.25) is 0 Å². The molecular formula is C19H28N2OS. The van der Waals surface area contributed by atoms with E-state index < -0.39 is 0 Å². The van der Waals surface area contributed by atoms with Crippen LogP contribution < -0.4 is 0 Å². The summed E-state index contributed by atoms with van der Waals surface area (Å²) in [5.74, 6) is 2.26. The largest absolute Gasteiger partial charge is 0.376 e. The van der Waals surface area contributed by atoms with Gasteiger partial charge in [0.25, 0.3) is 0 Å². The molecule has 0 amide bonds. The highest BCUT2D eigenvalue weighted by atomic mass is 32.2. The van der Waals surface area contributed by atoms with Crippen molar-refractivity contribution in [3.63, 3.8) is 0 Å². The first-order chi connectivity index (χ1) is 11.0. The molecule has 1 saturated heterocycles. The summed E-state index contributed by atoms with van der Waals surface area (Å²) in [6.45, 7) is 10.7. The summed E-state index contributed by atoms with van der Waals surface area (Å²) in [4.78, 5) is 6.29. The number of hydrogen-bond acceptors (Lipinski definition) is 3. The monoisotopic (exact) mass is 332 g/mol. The smallest absolute Gasteiger partial charge is 0.115 e. The zero-order valence-electron chi connectivity index (χ0n) is 14.8. The number of ether oxygens (including phenoxy) is 1. The first-order valence-electron chi connectivity index (χ1n) is 8.74. The molecule has 3 rings (SSSR count). The van der Waals surface area contributed by atoms with Crippen molar-refractivity contribution in [2.24, 2.45) is 0 Å². The fourth-order valence-corrected chi connectivity index (χ4v) is 3.97. The Balaban J connectivity index is 2.01. The maximum atomic E-state index is 5.98. The van der Waals surface area contributed by atoms with Gasteiger partial charge < -0.3 is 9.30 Å². The molecular weight excluding hydrogens is 304 g/mol. The molecule has 1 unspecified atom stereocenters. The van der Waals surface area contributed by atoms with Gasteiger partial charge in [0.2, 0.25) is 0 Å². The van der Waals surface area contributed by atoms with Gasteiger partial charge in [0, 0.05) is 16.9 Å². The quantitative estimate of drug-likeness (QED) is 0.736. The van der Waals surface area contributed by atoms with Crippen LogP contribution in [0.2, 0.25) is 0 Å². The van der Waals surface area contributed by atoms with Crippen LogP contribution in [0.1, 0.15) is 52.8 Å². The van der Waals surface area contributed by atoms with Crippen LogP contribution in [0.5, 0.6) is 0 Å². The van der Waals surface area contributed by atoms with E-state index in [0.717, 1.165) is 30.8 Å². The van der Waals surface area contributed by atoms with Gasteiger partial charge in [0.05, 0.1) is 23.7 Å². The molecule has 3 nitrogen and oxygen atoms in total. The van der Waals surface area contributed by atoms with E-state index >= 15 is 0 Å². The Hall–Kier alpha value is -1.00. The zero-order valence-corrected chi connectivity index (χ0v) is 15.6. The van der Waals surface area contributed by atoms with Gasteiger partial charge >= 0.3 is 0 Å². The number of nitrogens with zero attached hydrogens (tertiary/aromatic N) is 2. The van der Waals surface area contributed by atoms with Crippen LogP contribution in [0.15, 0.2) is 23.1 Å². The molecule has 1 aliphatic heterocycles. The van der Waals surface area contributed by atoms with Gasteiger partial charge in [0.15, 0.2) is 0 Å². The maximum Gasteiger partial charge on any atom is 0.115 e. The van der Waals surface area contributed by atoms with E-state index in [0.29, 0.717) is 6.10 Å². The summed E-state index contributed by atoms with van der Waals surface area (Å²) in [6.07, 6.45) is 3.96. The molecule has 1 aromatic carbocycles. The number of hydrogen-bond donors (Lipinski definition) is 0. The highest BCUT2D eigenvalue weighted by Crippen LogP contribution is 2.30. The predicted octanol–water partition coefficient (Wildman–Crippen LogP) is 5.01. The Bertz CT molecular complexity index is 666. The van der Waals surface area contributed by atoms with E-state index in [4.69, 9.17) is 9.72 Å². The van der Waals surface area contributed by atoms with Crippen molar-refractivity contribution in [2.45, 2.75) is 69.9 Å². The van der Waals surface area contributed by atoms with Gasteiger partial charge in [-0.05, 0) is 43.2 Å². The minimum atomic E-state index is 0.0335. The highest BCUT2D eigenvalue weighted by Gasteiger charge is 2.25. The first-order valence-corrected chi connectivity index (χ1v) is 9.73. The average Bonchev–Trinajstić information content (AvgIpc) is 2.87. The van der Waals surface area contributed by atoms with Crippen molar-refractivity contribution in [3.8, 4) is 0 Å². The van der Waals surface area contributed by atoms with Crippen LogP contribution in [-0.4, -0.2) is 28.0 Å². The van der Waals surface area contributed by atoms with Gasteiger partial charge in [-0.25, -0.2) is 4.98 Å². The number of fused-ring (bicyclic) bond motifs is 1. The Morgan fingerprint density at radius 2 is 2.13 bits per heavy atom. The molecule has 0 N–H and O–H groups in total. The summed E-state index contributed by atoms with van der Waals surface area (Å²) in [5, 5.41) is 0. The lowest BCUT2D eigenvalue weighted by molar-refractivity contribution is 0.00583. The van der Waals surface area contributed by atoms with E-state index in [1.165, 1.54) is 29.1 Å². The lowest BCUT2D eigenvalue weighted by atomic mass is 9.95. The molecule has 126 valence electrons. The fourth-order valence-electron chi connectivity index (χ4n) is 3.28. The van der Waals surface area contributed by atoms with Crippen LogP contribution in [0.3, 0.4) is 0 Å². The Morgan fingerprint density at radius 1 is 1.30 bits per heavy atom. The zero-order chi connectivity index (χ0) is 16.4. The number of aromatic nitrogens is 2. The number of imidazole rings is 1. The fraction of sp³-hybridized carbons (Fsp3) is 0.632. The van der Waals surface area contributed by atoms with E-state index in [9.17, 15) is 0 Å². The molecule has 4 heteroatoms. The van der Waals surface area contributed by atoms with E-state index in [1.807, 2.05) is 11.8 Å². The van der Waals surface area contributed by atoms with Crippen LogP contribution in [-0.2, 0) is 16.7 Å². The average molecular weight is 333 g/mol. The van der Waals surface area contributed by atoms with Crippen LogP contribution in [0, 0.1) is 0 Å². The second kappa shape index (κ2) is 6.86. The standard InChI is InChI=1S/C19H28N2OS/c1-5-23-15-9-10-17-16(12-15)20-18(19(2,3)4)21(17)13-14-8-6-7-11-22-14/h9-10,12,14H,5-8,11,13H2,1-4H3. The van der Waals surface area contributed by atoms with Crippen LogP contribution in [0.4, 0.5) is 0 Å². The van der Waals surface area contributed by atoms with Crippen LogP contribution >= 0.6 is 11.8 Å². The first kappa shape index (κ1) is 16.8. The molecule has 2 aromatic rings. The van der Waals surface area contributed by atoms with E-state index in [2.05, 4.69) is 50.5 Å². The van der Waals surface area contributed by atoms with Crippen molar-refractivity contribution < 1.29 is 4.74 Å². The molecule has 0 radical (unpaired) electrons. The second-order valence-electron chi connectivity index (χ2n) is 7.37. The van der Waals surface area contributed by atoms with E-state index in [-0.39, 0.29) is 5.41 Å².